The number of anilines is 2. The molecule has 1 saturated heterocycles. The number of halogens is 1. The van der Waals surface area contributed by atoms with Gasteiger partial charge in [0.15, 0.2) is 0 Å². The van der Waals surface area contributed by atoms with E-state index < -0.39 is 11.7 Å². The molecule has 0 aliphatic carbocycles. The molecule has 0 unspecified atom stereocenters. The van der Waals surface area contributed by atoms with Crippen LogP contribution < -0.4 is 15.3 Å². The number of hydrogen-bond donors (Lipinski definition) is 0. The lowest BCUT2D eigenvalue weighted by molar-refractivity contribution is -0.121. The fourth-order valence-electron chi connectivity index (χ4n) is 4.23. The van der Waals surface area contributed by atoms with Crippen molar-refractivity contribution in [2.75, 3.05) is 9.91 Å². The van der Waals surface area contributed by atoms with Crippen molar-refractivity contribution in [3.63, 3.8) is 0 Å². The molecule has 192 valence electrons. The van der Waals surface area contributed by atoms with Crippen LogP contribution in [-0.2, 0) is 9.59 Å². The first-order valence-electron chi connectivity index (χ1n) is 11.8. The van der Waals surface area contributed by atoms with Gasteiger partial charge in [0.1, 0.15) is 17.7 Å². The fraction of sp³-hybridized carbons (Fsp3) is 0.0714. The van der Waals surface area contributed by atoms with Crippen molar-refractivity contribution < 1.29 is 23.2 Å². The number of fused-ring (bicyclic) bond motifs is 2. The first kappa shape index (κ1) is 24.3. The second-order valence-electron chi connectivity index (χ2n) is 8.66. The van der Waals surface area contributed by atoms with E-state index >= 15 is 0 Å². The molecule has 0 radical (unpaired) electrons. The summed E-state index contributed by atoms with van der Waals surface area (Å²) < 4.78 is 19.9. The Morgan fingerprint density at radius 2 is 1.82 bits per heavy atom. The first-order chi connectivity index (χ1) is 18.9. The third-order valence-corrected chi connectivity index (χ3v) is 7.13. The molecule has 3 aromatic carbocycles. The third kappa shape index (κ3) is 4.48. The summed E-state index contributed by atoms with van der Waals surface area (Å²) in [5.41, 5.74) is 1.00. The second kappa shape index (κ2) is 9.69. The molecule has 0 N–H and O–H groups in total. The molecule has 1 aliphatic rings. The van der Waals surface area contributed by atoms with Gasteiger partial charge in [-0.25, -0.2) is 9.37 Å². The molecule has 11 heteroatoms. The van der Waals surface area contributed by atoms with Crippen molar-refractivity contribution in [2.24, 2.45) is 5.10 Å². The number of amides is 3. The minimum absolute atomic E-state index is 0.0978. The molecule has 1 aliphatic heterocycles. The van der Waals surface area contributed by atoms with Crippen molar-refractivity contribution in [1.82, 2.24) is 4.98 Å². The Kier molecular flexibility index (Phi) is 6.04. The van der Waals surface area contributed by atoms with Gasteiger partial charge in [-0.15, -0.1) is 0 Å². The highest BCUT2D eigenvalue weighted by Crippen LogP contribution is 2.31. The van der Waals surface area contributed by atoms with Crippen LogP contribution in [0.5, 0.6) is 0 Å². The fourth-order valence-corrected chi connectivity index (χ4v) is 5.18. The van der Waals surface area contributed by atoms with Crippen LogP contribution in [0.4, 0.5) is 15.2 Å². The van der Waals surface area contributed by atoms with Gasteiger partial charge >= 0.3 is 0 Å². The summed E-state index contributed by atoms with van der Waals surface area (Å²) in [7, 11) is 0. The molecule has 9 nitrogen and oxygen atoms in total. The number of rotatable bonds is 5. The van der Waals surface area contributed by atoms with Gasteiger partial charge in [-0.1, -0.05) is 29.5 Å². The summed E-state index contributed by atoms with van der Waals surface area (Å²) in [5.74, 6) is -1.80. The van der Waals surface area contributed by atoms with Crippen molar-refractivity contribution in [2.45, 2.75) is 12.8 Å². The van der Waals surface area contributed by atoms with Crippen molar-refractivity contribution in [3.8, 4) is 0 Å². The quantitative estimate of drug-likeness (QED) is 0.178. The molecular formula is C28H17FN4O5S. The van der Waals surface area contributed by atoms with Crippen LogP contribution in [0.15, 0.2) is 87.3 Å². The SMILES string of the molecule is O=C(c1cccc(N2C(=O)CCC2=O)c1)N(/N=C/c1coc2ccccc2c1=O)c1nc2ccc(F)cc2s1. The van der Waals surface area contributed by atoms with E-state index in [1.54, 1.807) is 36.4 Å². The molecule has 2 aromatic heterocycles. The van der Waals surface area contributed by atoms with Gasteiger partial charge in [0.2, 0.25) is 22.4 Å². The average Bonchev–Trinajstić information content (AvgIpc) is 3.51. The molecule has 5 aromatic rings. The third-order valence-electron chi connectivity index (χ3n) is 6.13. The van der Waals surface area contributed by atoms with E-state index in [1.165, 1.54) is 42.8 Å². The number of imide groups is 1. The highest BCUT2D eigenvalue weighted by atomic mass is 32.1. The minimum atomic E-state index is -0.642. The van der Waals surface area contributed by atoms with Gasteiger partial charge in [0.05, 0.1) is 33.1 Å². The van der Waals surface area contributed by atoms with Gasteiger partial charge in [0.25, 0.3) is 5.91 Å². The van der Waals surface area contributed by atoms with Crippen molar-refractivity contribution >= 4 is 67.3 Å². The van der Waals surface area contributed by atoms with Gasteiger partial charge in [-0.2, -0.15) is 10.1 Å². The van der Waals surface area contributed by atoms with Crippen LogP contribution in [0, 0.1) is 5.82 Å². The lowest BCUT2D eigenvalue weighted by Gasteiger charge is -2.17. The molecule has 1 fully saturated rings. The van der Waals surface area contributed by atoms with Crippen molar-refractivity contribution in [3.05, 3.63) is 100 Å². The van der Waals surface area contributed by atoms with Crippen molar-refractivity contribution in [1.29, 1.82) is 0 Å². The number of aromatic nitrogens is 1. The lowest BCUT2D eigenvalue weighted by Crippen LogP contribution is -2.30. The standard InChI is InChI=1S/C28H17FN4O5S/c29-18-8-9-21-23(13-18)39-28(31-21)33(30-14-17-15-38-22-7-2-1-6-20(22)26(17)36)27(37)16-4-3-5-19(12-16)32-24(34)10-11-25(32)35/h1-9,12-15H,10-11H2/b30-14+. The maximum atomic E-state index is 13.8. The number of hydrazone groups is 1. The summed E-state index contributed by atoms with van der Waals surface area (Å²) in [6.07, 6.45) is 2.64. The number of para-hydroxylation sites is 1. The topological polar surface area (TPSA) is 113 Å². The molecule has 39 heavy (non-hydrogen) atoms. The van der Waals surface area contributed by atoms with Crippen LogP contribution in [0.1, 0.15) is 28.8 Å². The van der Waals surface area contributed by atoms with Crippen LogP contribution in [0.2, 0.25) is 0 Å². The average molecular weight is 541 g/mol. The van der Waals surface area contributed by atoms with Crippen LogP contribution in [0.25, 0.3) is 21.2 Å². The maximum Gasteiger partial charge on any atom is 0.280 e. The van der Waals surface area contributed by atoms with E-state index in [1.807, 2.05) is 0 Å². The zero-order valence-electron chi connectivity index (χ0n) is 20.0. The van der Waals surface area contributed by atoms with E-state index in [-0.39, 0.29) is 52.0 Å². The Bertz CT molecular complexity index is 1880. The summed E-state index contributed by atoms with van der Waals surface area (Å²) in [6, 6.07) is 16.8. The summed E-state index contributed by atoms with van der Waals surface area (Å²) in [6.45, 7) is 0. The smallest absolute Gasteiger partial charge is 0.280 e. The highest BCUT2D eigenvalue weighted by molar-refractivity contribution is 7.22. The minimum Gasteiger partial charge on any atom is -0.463 e. The normalized spacial score (nSPS) is 13.7. The largest absolute Gasteiger partial charge is 0.463 e. The Morgan fingerprint density at radius 3 is 2.64 bits per heavy atom. The molecule has 0 saturated carbocycles. The first-order valence-corrected chi connectivity index (χ1v) is 12.6. The Morgan fingerprint density at radius 1 is 1.03 bits per heavy atom. The van der Waals surface area contributed by atoms with E-state index in [0.29, 0.717) is 21.2 Å². The van der Waals surface area contributed by atoms with Gasteiger partial charge < -0.3 is 4.42 Å². The molecule has 0 spiro atoms. The van der Waals surface area contributed by atoms with Crippen LogP contribution in [-0.4, -0.2) is 28.9 Å². The maximum absolute atomic E-state index is 13.8. The van der Waals surface area contributed by atoms with Crippen LogP contribution in [0.3, 0.4) is 0 Å². The number of nitrogens with zero attached hydrogens (tertiary/aromatic N) is 4. The van der Waals surface area contributed by atoms with Gasteiger partial charge in [0, 0.05) is 18.4 Å². The monoisotopic (exact) mass is 540 g/mol. The molecule has 0 atom stereocenters. The Labute approximate surface area is 223 Å². The molecule has 3 amide bonds. The molecule has 6 rings (SSSR count). The van der Waals surface area contributed by atoms with E-state index in [9.17, 15) is 23.6 Å². The zero-order chi connectivity index (χ0) is 27.1. The zero-order valence-corrected chi connectivity index (χ0v) is 20.9. The summed E-state index contributed by atoms with van der Waals surface area (Å²) in [5, 5.41) is 5.75. The molecule has 3 heterocycles. The second-order valence-corrected chi connectivity index (χ2v) is 9.67. The number of carbonyl (C=O) groups excluding carboxylic acids is 3. The number of benzene rings is 3. The number of thiazole rings is 1. The predicted molar refractivity (Wildman–Crippen MR) is 145 cm³/mol. The highest BCUT2D eigenvalue weighted by Gasteiger charge is 2.31. The van der Waals surface area contributed by atoms with Gasteiger partial charge in [-0.3, -0.25) is 24.1 Å². The predicted octanol–water partition coefficient (Wildman–Crippen LogP) is 4.88. The lowest BCUT2D eigenvalue weighted by atomic mass is 10.1. The molecular weight excluding hydrogens is 523 g/mol. The van der Waals surface area contributed by atoms with Gasteiger partial charge in [-0.05, 0) is 48.5 Å². The molecule has 0 bridgehead atoms. The summed E-state index contributed by atoms with van der Waals surface area (Å²) in [4.78, 5) is 56.7. The van der Waals surface area contributed by atoms with E-state index in [2.05, 4.69) is 10.1 Å². The van der Waals surface area contributed by atoms with E-state index in [0.717, 1.165) is 21.2 Å². The van der Waals surface area contributed by atoms with E-state index in [4.69, 9.17) is 4.42 Å². The number of hydrogen-bond acceptors (Lipinski definition) is 8. The Balaban J connectivity index is 1.43. The Hall–Kier alpha value is -5.03. The van der Waals surface area contributed by atoms with Crippen LogP contribution >= 0.6 is 11.3 Å². The number of carbonyl (C=O) groups is 3. The summed E-state index contributed by atoms with van der Waals surface area (Å²) >= 11 is 1.03.